The minimum atomic E-state index is -3.93. The molecule has 20 heavy (non-hydrogen) atoms. The molecule has 1 heterocycles. The maximum atomic E-state index is 12.4. The van der Waals surface area contributed by atoms with Gasteiger partial charge in [0, 0.05) is 6.42 Å². The highest BCUT2D eigenvalue weighted by Crippen LogP contribution is 2.30. The molecular formula is C15H12O4S. The van der Waals surface area contributed by atoms with E-state index in [9.17, 15) is 13.2 Å². The molecule has 2 aromatic carbocycles. The number of carbonyl (C=O) groups is 1. The Balaban J connectivity index is 2.01. The van der Waals surface area contributed by atoms with Crippen LogP contribution in [-0.4, -0.2) is 19.5 Å². The first-order valence-corrected chi connectivity index (χ1v) is 7.65. The molecular weight excluding hydrogens is 276 g/mol. The van der Waals surface area contributed by atoms with E-state index in [4.69, 9.17) is 4.18 Å². The molecule has 0 saturated carbocycles. The van der Waals surface area contributed by atoms with E-state index in [-0.39, 0.29) is 12.2 Å². The third kappa shape index (κ3) is 2.20. The fourth-order valence-electron chi connectivity index (χ4n) is 2.25. The molecule has 0 bridgehead atoms. The summed E-state index contributed by atoms with van der Waals surface area (Å²) in [5.41, 5.74) is 1.11. The van der Waals surface area contributed by atoms with Gasteiger partial charge in [0.15, 0.2) is 16.8 Å². The molecule has 2 aromatic rings. The molecule has 0 aromatic heterocycles. The van der Waals surface area contributed by atoms with Crippen molar-refractivity contribution in [3.63, 3.8) is 0 Å². The molecule has 0 spiro atoms. The van der Waals surface area contributed by atoms with Gasteiger partial charge in [-0.05, 0) is 17.7 Å². The van der Waals surface area contributed by atoms with Gasteiger partial charge < -0.3 is 4.18 Å². The number of ketones is 1. The lowest BCUT2D eigenvalue weighted by Gasteiger charge is -2.23. The highest BCUT2D eigenvalue weighted by molar-refractivity contribution is 7.88. The van der Waals surface area contributed by atoms with Gasteiger partial charge in [0.25, 0.3) is 0 Å². The van der Waals surface area contributed by atoms with Gasteiger partial charge in [0.2, 0.25) is 0 Å². The van der Waals surface area contributed by atoms with Crippen LogP contribution in [0.3, 0.4) is 0 Å². The first-order valence-electron chi connectivity index (χ1n) is 6.18. The molecule has 102 valence electrons. The third-order valence-electron chi connectivity index (χ3n) is 3.26. The van der Waals surface area contributed by atoms with Gasteiger partial charge in [-0.3, -0.25) is 4.79 Å². The van der Waals surface area contributed by atoms with Crippen LogP contribution in [-0.2, 0) is 16.5 Å². The van der Waals surface area contributed by atoms with Crippen LogP contribution >= 0.6 is 0 Å². The Morgan fingerprint density at radius 3 is 2.35 bits per heavy atom. The first kappa shape index (κ1) is 12.9. The summed E-state index contributed by atoms with van der Waals surface area (Å²) in [6.45, 7) is 0. The zero-order chi connectivity index (χ0) is 14.2. The van der Waals surface area contributed by atoms with E-state index < -0.39 is 21.2 Å². The van der Waals surface area contributed by atoms with Crippen molar-refractivity contribution in [2.45, 2.75) is 11.7 Å². The van der Waals surface area contributed by atoms with Crippen molar-refractivity contribution >= 4 is 15.9 Å². The Hall–Kier alpha value is -2.14. The molecule has 3 rings (SSSR count). The number of hydrogen-bond acceptors (Lipinski definition) is 4. The molecule has 1 unspecified atom stereocenters. The quantitative estimate of drug-likeness (QED) is 0.795. The number of Topliss-reactive ketones (excluding diaryl/α,β-unsaturated/α-hetero) is 1. The van der Waals surface area contributed by atoms with Crippen LogP contribution in [0.5, 0.6) is 5.75 Å². The maximum absolute atomic E-state index is 12.4. The molecule has 1 aliphatic heterocycles. The first-order chi connectivity index (χ1) is 9.58. The monoisotopic (exact) mass is 288 g/mol. The summed E-state index contributed by atoms with van der Waals surface area (Å²) >= 11 is 0. The normalized spacial score (nSPS) is 20.0. The number of hydrogen-bond donors (Lipinski definition) is 0. The molecule has 1 atom stereocenters. The Labute approximate surface area is 117 Å². The molecule has 4 nitrogen and oxygen atoms in total. The van der Waals surface area contributed by atoms with Crippen LogP contribution in [0.4, 0.5) is 0 Å². The predicted octanol–water partition coefficient (Wildman–Crippen LogP) is 2.20. The SMILES string of the molecule is O=C1c2ccccc2OS(=O)(=O)C1Cc1ccccc1. The van der Waals surface area contributed by atoms with Crippen LogP contribution in [0.1, 0.15) is 15.9 Å². The van der Waals surface area contributed by atoms with E-state index in [0.29, 0.717) is 5.56 Å². The summed E-state index contributed by atoms with van der Waals surface area (Å²) in [4.78, 5) is 12.4. The van der Waals surface area contributed by atoms with Crippen molar-refractivity contribution in [2.24, 2.45) is 0 Å². The van der Waals surface area contributed by atoms with E-state index in [2.05, 4.69) is 0 Å². The average molecular weight is 288 g/mol. The summed E-state index contributed by atoms with van der Waals surface area (Å²) in [5, 5.41) is -1.18. The van der Waals surface area contributed by atoms with Gasteiger partial charge in [-0.25, -0.2) is 0 Å². The van der Waals surface area contributed by atoms with Gasteiger partial charge >= 0.3 is 10.1 Å². The Bertz CT molecular complexity index is 750. The standard InChI is InChI=1S/C15H12O4S/c16-15-12-8-4-5-9-13(12)19-20(17,18)14(15)10-11-6-2-1-3-7-11/h1-9,14H,10H2. The lowest BCUT2D eigenvalue weighted by molar-refractivity contribution is 0.0976. The minimum Gasteiger partial charge on any atom is -0.381 e. The summed E-state index contributed by atoms with van der Waals surface area (Å²) in [6, 6.07) is 15.5. The van der Waals surface area contributed by atoms with Gasteiger partial charge in [-0.15, -0.1) is 0 Å². The highest BCUT2D eigenvalue weighted by atomic mass is 32.2. The number of benzene rings is 2. The van der Waals surface area contributed by atoms with Gasteiger partial charge in [-0.1, -0.05) is 42.5 Å². The summed E-state index contributed by atoms with van der Waals surface area (Å²) in [7, 11) is -3.93. The number of fused-ring (bicyclic) bond motifs is 1. The molecule has 0 N–H and O–H groups in total. The number of rotatable bonds is 2. The van der Waals surface area contributed by atoms with Crippen molar-refractivity contribution in [2.75, 3.05) is 0 Å². The van der Waals surface area contributed by atoms with Crippen molar-refractivity contribution in [1.29, 1.82) is 0 Å². The summed E-state index contributed by atoms with van der Waals surface area (Å²) in [5.74, 6) is -0.294. The van der Waals surface area contributed by atoms with Crippen LogP contribution in [0, 0.1) is 0 Å². The van der Waals surface area contributed by atoms with E-state index in [1.165, 1.54) is 6.07 Å². The molecule has 0 aliphatic carbocycles. The lowest BCUT2D eigenvalue weighted by atomic mass is 10.0. The number of para-hydroxylation sites is 1. The van der Waals surface area contributed by atoms with Crippen LogP contribution in [0.25, 0.3) is 0 Å². The van der Waals surface area contributed by atoms with Crippen LogP contribution in [0.15, 0.2) is 54.6 Å². The zero-order valence-electron chi connectivity index (χ0n) is 10.5. The Kier molecular flexibility index (Phi) is 3.06. The number of carbonyl (C=O) groups excluding carboxylic acids is 1. The van der Waals surface area contributed by atoms with Gasteiger partial charge in [0.1, 0.15) is 0 Å². The predicted molar refractivity (Wildman–Crippen MR) is 74.3 cm³/mol. The third-order valence-corrected chi connectivity index (χ3v) is 4.75. The topological polar surface area (TPSA) is 60.4 Å². The van der Waals surface area contributed by atoms with E-state index in [1.54, 1.807) is 30.3 Å². The van der Waals surface area contributed by atoms with Gasteiger partial charge in [0.05, 0.1) is 5.56 Å². The summed E-state index contributed by atoms with van der Waals surface area (Å²) in [6.07, 6.45) is 0.121. The van der Waals surface area contributed by atoms with Crippen molar-refractivity contribution in [3.05, 3.63) is 65.7 Å². The lowest BCUT2D eigenvalue weighted by Crippen LogP contribution is -2.39. The Morgan fingerprint density at radius 1 is 0.950 bits per heavy atom. The molecule has 1 aliphatic rings. The zero-order valence-corrected chi connectivity index (χ0v) is 11.3. The molecule has 5 heteroatoms. The Morgan fingerprint density at radius 2 is 1.60 bits per heavy atom. The maximum Gasteiger partial charge on any atom is 0.320 e. The average Bonchev–Trinajstić information content (AvgIpc) is 2.44. The minimum absolute atomic E-state index is 0.113. The smallest absolute Gasteiger partial charge is 0.320 e. The van der Waals surface area contributed by atoms with Crippen molar-refractivity contribution in [1.82, 2.24) is 0 Å². The fourth-order valence-corrected chi connectivity index (χ4v) is 3.55. The van der Waals surface area contributed by atoms with E-state index in [0.717, 1.165) is 5.56 Å². The summed E-state index contributed by atoms with van der Waals surface area (Å²) < 4.78 is 29.3. The largest absolute Gasteiger partial charge is 0.381 e. The second-order valence-corrected chi connectivity index (χ2v) is 6.34. The second kappa shape index (κ2) is 4.76. The second-order valence-electron chi connectivity index (χ2n) is 4.61. The highest BCUT2D eigenvalue weighted by Gasteiger charge is 2.41. The van der Waals surface area contributed by atoms with Crippen molar-refractivity contribution in [3.8, 4) is 5.75 Å². The van der Waals surface area contributed by atoms with Gasteiger partial charge in [-0.2, -0.15) is 8.42 Å². The van der Waals surface area contributed by atoms with E-state index in [1.807, 2.05) is 18.2 Å². The molecule has 0 radical (unpaired) electrons. The van der Waals surface area contributed by atoms with Crippen LogP contribution in [0.2, 0.25) is 0 Å². The van der Waals surface area contributed by atoms with E-state index >= 15 is 0 Å². The van der Waals surface area contributed by atoms with Crippen molar-refractivity contribution < 1.29 is 17.4 Å². The molecule has 0 fully saturated rings. The van der Waals surface area contributed by atoms with Crippen LogP contribution < -0.4 is 4.18 Å². The molecule has 0 amide bonds. The fraction of sp³-hybridized carbons (Fsp3) is 0.133. The molecule has 0 saturated heterocycles.